The molecule has 0 heterocycles. The number of rotatable bonds is 3. The number of halogens is 1. The zero-order chi connectivity index (χ0) is 16.7. The van der Waals surface area contributed by atoms with Gasteiger partial charge in [-0.1, -0.05) is 97.4 Å². The highest BCUT2D eigenvalue weighted by Gasteiger charge is 2.01. The minimum atomic E-state index is 1.09. The predicted octanol–water partition coefficient (Wildman–Crippen LogP) is 7.37. The summed E-state index contributed by atoms with van der Waals surface area (Å²) in [6.45, 7) is 6.18. The van der Waals surface area contributed by atoms with Crippen LogP contribution in [0.2, 0.25) is 0 Å². The molecule has 0 aliphatic heterocycles. The van der Waals surface area contributed by atoms with Gasteiger partial charge in [0.25, 0.3) is 0 Å². The van der Waals surface area contributed by atoms with E-state index in [9.17, 15) is 0 Å². The van der Waals surface area contributed by atoms with E-state index in [2.05, 4.69) is 89.6 Å². The Balaban J connectivity index is 0.000000924. The van der Waals surface area contributed by atoms with Crippen LogP contribution in [-0.4, -0.2) is 0 Å². The number of hydrogen-bond donors (Lipinski definition) is 0. The van der Waals surface area contributed by atoms with Gasteiger partial charge < -0.3 is 0 Å². The molecule has 0 atom stereocenters. The summed E-state index contributed by atoms with van der Waals surface area (Å²) in [5.41, 5.74) is 6.39. The molecule has 3 aromatic carbocycles. The zero-order valence-corrected chi connectivity index (χ0v) is 15.6. The Hall–Kier alpha value is -1.86. The lowest BCUT2D eigenvalue weighted by molar-refractivity contribution is 1.14. The van der Waals surface area contributed by atoms with Crippen LogP contribution < -0.4 is 0 Å². The van der Waals surface area contributed by atoms with Crippen molar-refractivity contribution in [3.8, 4) is 22.3 Å². The fraction of sp³-hybridized carbons (Fsp3) is 0.182. The Morgan fingerprint density at radius 2 is 1.13 bits per heavy atom. The van der Waals surface area contributed by atoms with Crippen molar-refractivity contribution in [3.05, 3.63) is 82.8 Å². The van der Waals surface area contributed by atoms with E-state index in [1.54, 1.807) is 0 Å². The van der Waals surface area contributed by atoms with E-state index in [4.69, 9.17) is 0 Å². The highest BCUT2D eigenvalue weighted by atomic mass is 79.9. The van der Waals surface area contributed by atoms with Gasteiger partial charge in [-0.05, 0) is 46.4 Å². The summed E-state index contributed by atoms with van der Waals surface area (Å²) in [6, 6.07) is 26.0. The smallest absolute Gasteiger partial charge is 0.0181 e. The molecule has 0 aliphatic carbocycles. The molecule has 118 valence electrons. The minimum Gasteiger partial charge on any atom is -0.0683 e. The van der Waals surface area contributed by atoms with E-state index < -0.39 is 0 Å². The Kier molecular flexibility index (Phi) is 6.61. The van der Waals surface area contributed by atoms with E-state index >= 15 is 0 Å². The SMILES string of the molecule is CC.CCc1ccc(-c2ccc(-c3cccc(Br)c3)cc2)cc1. The molecule has 0 fully saturated rings. The van der Waals surface area contributed by atoms with E-state index in [1.807, 2.05) is 19.9 Å². The second-order valence-electron chi connectivity index (χ2n) is 5.14. The average molecular weight is 367 g/mol. The van der Waals surface area contributed by atoms with Gasteiger partial charge in [0, 0.05) is 4.47 Å². The minimum absolute atomic E-state index is 1.09. The monoisotopic (exact) mass is 366 g/mol. The summed E-state index contributed by atoms with van der Waals surface area (Å²) in [4.78, 5) is 0. The van der Waals surface area contributed by atoms with Crippen LogP contribution >= 0.6 is 15.9 Å². The molecule has 0 radical (unpaired) electrons. The molecule has 0 nitrogen and oxygen atoms in total. The third kappa shape index (κ3) is 4.56. The lowest BCUT2D eigenvalue weighted by Gasteiger charge is -2.06. The second-order valence-corrected chi connectivity index (χ2v) is 6.05. The number of aryl methyl sites for hydroxylation is 1. The molecule has 0 unspecified atom stereocenters. The van der Waals surface area contributed by atoms with Crippen LogP contribution in [0.3, 0.4) is 0 Å². The molecule has 1 heteroatoms. The van der Waals surface area contributed by atoms with Crippen LogP contribution in [0.15, 0.2) is 77.3 Å². The maximum atomic E-state index is 3.52. The number of hydrogen-bond acceptors (Lipinski definition) is 0. The summed E-state index contributed by atoms with van der Waals surface area (Å²) in [6.07, 6.45) is 1.09. The van der Waals surface area contributed by atoms with Gasteiger partial charge in [-0.15, -0.1) is 0 Å². The second kappa shape index (κ2) is 8.69. The topological polar surface area (TPSA) is 0 Å². The molecule has 0 amide bonds. The normalized spacial score (nSPS) is 9.91. The molecule has 3 rings (SSSR count). The predicted molar refractivity (Wildman–Crippen MR) is 106 cm³/mol. The molecular formula is C22H23Br. The van der Waals surface area contributed by atoms with Crippen molar-refractivity contribution < 1.29 is 0 Å². The summed E-state index contributed by atoms with van der Waals surface area (Å²) in [5.74, 6) is 0. The first kappa shape index (κ1) is 17.5. The molecule has 0 bridgehead atoms. The molecule has 3 aromatic rings. The maximum Gasteiger partial charge on any atom is 0.0181 e. The lowest BCUT2D eigenvalue weighted by atomic mass is 9.99. The first-order valence-corrected chi connectivity index (χ1v) is 9.01. The first-order chi connectivity index (χ1) is 11.3. The Morgan fingerprint density at radius 3 is 1.61 bits per heavy atom. The highest BCUT2D eigenvalue weighted by molar-refractivity contribution is 9.10. The van der Waals surface area contributed by atoms with Crippen molar-refractivity contribution in [2.75, 3.05) is 0 Å². The quantitative estimate of drug-likeness (QED) is 0.453. The van der Waals surface area contributed by atoms with E-state index in [-0.39, 0.29) is 0 Å². The summed E-state index contributed by atoms with van der Waals surface area (Å²) >= 11 is 3.52. The average Bonchev–Trinajstić information content (AvgIpc) is 2.64. The maximum absolute atomic E-state index is 3.52. The first-order valence-electron chi connectivity index (χ1n) is 8.21. The van der Waals surface area contributed by atoms with Crippen molar-refractivity contribution in [1.29, 1.82) is 0 Å². The molecule has 0 saturated carbocycles. The van der Waals surface area contributed by atoms with Crippen molar-refractivity contribution in [3.63, 3.8) is 0 Å². The van der Waals surface area contributed by atoms with Crippen LogP contribution in [0, 0.1) is 0 Å². The van der Waals surface area contributed by atoms with Gasteiger partial charge in [-0.2, -0.15) is 0 Å². The summed E-state index contributed by atoms with van der Waals surface area (Å²) in [5, 5.41) is 0. The van der Waals surface area contributed by atoms with Crippen LogP contribution in [-0.2, 0) is 6.42 Å². The molecule has 0 aliphatic rings. The Labute approximate surface area is 148 Å². The van der Waals surface area contributed by atoms with E-state index in [0.29, 0.717) is 0 Å². The van der Waals surface area contributed by atoms with Gasteiger partial charge in [-0.25, -0.2) is 0 Å². The Bertz CT molecular complexity index is 725. The van der Waals surface area contributed by atoms with E-state index in [0.717, 1.165) is 10.9 Å². The fourth-order valence-electron chi connectivity index (χ4n) is 2.46. The van der Waals surface area contributed by atoms with Crippen LogP contribution in [0.1, 0.15) is 26.3 Å². The van der Waals surface area contributed by atoms with Crippen molar-refractivity contribution in [1.82, 2.24) is 0 Å². The fourth-order valence-corrected chi connectivity index (χ4v) is 2.86. The van der Waals surface area contributed by atoms with Crippen molar-refractivity contribution in [2.45, 2.75) is 27.2 Å². The van der Waals surface area contributed by atoms with Crippen LogP contribution in [0.25, 0.3) is 22.3 Å². The van der Waals surface area contributed by atoms with Crippen molar-refractivity contribution in [2.24, 2.45) is 0 Å². The summed E-state index contributed by atoms with van der Waals surface area (Å²) in [7, 11) is 0. The summed E-state index contributed by atoms with van der Waals surface area (Å²) < 4.78 is 1.11. The van der Waals surface area contributed by atoms with Gasteiger partial charge in [0.05, 0.1) is 0 Å². The number of benzene rings is 3. The highest BCUT2D eigenvalue weighted by Crippen LogP contribution is 2.26. The molecule has 0 saturated heterocycles. The molecule has 23 heavy (non-hydrogen) atoms. The van der Waals surface area contributed by atoms with Gasteiger partial charge in [0.15, 0.2) is 0 Å². The molecule has 0 aromatic heterocycles. The molecular weight excluding hydrogens is 344 g/mol. The lowest BCUT2D eigenvalue weighted by Crippen LogP contribution is -1.82. The van der Waals surface area contributed by atoms with E-state index in [1.165, 1.54) is 27.8 Å². The van der Waals surface area contributed by atoms with Crippen molar-refractivity contribution >= 4 is 15.9 Å². The third-order valence-corrected chi connectivity index (χ3v) is 4.23. The Morgan fingerprint density at radius 1 is 0.652 bits per heavy atom. The largest absolute Gasteiger partial charge is 0.0683 e. The van der Waals surface area contributed by atoms with Crippen LogP contribution in [0.4, 0.5) is 0 Å². The standard InChI is InChI=1S/C20H17Br.C2H6/c1-2-15-6-8-16(9-7-15)17-10-12-18(13-11-17)19-4-3-5-20(21)14-19;1-2/h3-14H,2H2,1H3;1-2H3. The zero-order valence-electron chi connectivity index (χ0n) is 14.0. The molecule has 0 spiro atoms. The molecule has 0 N–H and O–H groups in total. The van der Waals surface area contributed by atoms with Gasteiger partial charge >= 0.3 is 0 Å². The van der Waals surface area contributed by atoms with Gasteiger partial charge in [0.2, 0.25) is 0 Å². The van der Waals surface area contributed by atoms with Crippen LogP contribution in [0.5, 0.6) is 0 Å². The van der Waals surface area contributed by atoms with Gasteiger partial charge in [-0.3, -0.25) is 0 Å². The third-order valence-electron chi connectivity index (χ3n) is 3.74. The van der Waals surface area contributed by atoms with Gasteiger partial charge in [0.1, 0.15) is 0 Å².